The van der Waals surface area contributed by atoms with Crippen LogP contribution in [0.5, 0.6) is 0 Å². The molecule has 1 aliphatic rings. The predicted molar refractivity (Wildman–Crippen MR) is 93.4 cm³/mol. The van der Waals surface area contributed by atoms with Crippen molar-refractivity contribution in [2.45, 2.75) is 30.9 Å². The number of carbonyl (C=O) groups is 1. The topological polar surface area (TPSA) is 58.6 Å². The molecule has 0 amide bonds. The van der Waals surface area contributed by atoms with Crippen molar-refractivity contribution in [2.24, 2.45) is 0 Å². The highest BCUT2D eigenvalue weighted by molar-refractivity contribution is 5.88. The molecule has 1 fully saturated rings. The monoisotopic (exact) mass is 335 g/mol. The molecule has 5 heteroatoms. The van der Waals surface area contributed by atoms with Gasteiger partial charge in [0, 0.05) is 7.11 Å². The van der Waals surface area contributed by atoms with Crippen molar-refractivity contribution in [3.63, 3.8) is 0 Å². The molecule has 0 bridgehead atoms. The maximum Gasteiger partial charge on any atom is 0.315 e. The average Bonchev–Trinajstić information content (AvgIpc) is 3.02. The number of ether oxygens (including phenoxy) is 1. The van der Waals surface area contributed by atoms with Crippen molar-refractivity contribution < 1.29 is 14.6 Å². The number of rotatable bonds is 4. The smallest absolute Gasteiger partial charge is 0.315 e. The van der Waals surface area contributed by atoms with Crippen LogP contribution in [0.3, 0.4) is 0 Å². The lowest BCUT2D eigenvalue weighted by Crippen LogP contribution is -2.53. The Labute approximate surface area is 142 Å². The fraction of sp³-hybridized carbons (Fsp3) is 0.389. The molecule has 0 aliphatic carbocycles. The lowest BCUT2D eigenvalue weighted by Gasteiger charge is -2.35. The lowest BCUT2D eigenvalue weighted by atomic mass is 9.74. The Balaban J connectivity index is 0.00000192. The summed E-state index contributed by atoms with van der Waals surface area (Å²) in [7, 11) is 1.65. The van der Waals surface area contributed by atoms with Gasteiger partial charge in [0.15, 0.2) is 0 Å². The number of methoxy groups -OCH3 is 1. The van der Waals surface area contributed by atoms with E-state index in [1.165, 1.54) is 0 Å². The molecule has 3 rings (SSSR count). The highest BCUT2D eigenvalue weighted by Gasteiger charge is 2.49. The first-order valence-corrected chi connectivity index (χ1v) is 7.56. The van der Waals surface area contributed by atoms with Crippen LogP contribution in [0.1, 0.15) is 18.9 Å². The summed E-state index contributed by atoms with van der Waals surface area (Å²) < 4.78 is 5.50. The number of hydrogen-bond acceptors (Lipinski definition) is 3. The number of carboxylic acids is 1. The molecule has 2 aromatic carbocycles. The van der Waals surface area contributed by atoms with Crippen LogP contribution in [-0.2, 0) is 14.9 Å². The second kappa shape index (κ2) is 6.87. The minimum absolute atomic E-state index is 0. The molecule has 0 aromatic heterocycles. The van der Waals surface area contributed by atoms with Gasteiger partial charge in [0.05, 0.1) is 12.1 Å². The van der Waals surface area contributed by atoms with E-state index in [2.05, 4.69) is 5.32 Å². The van der Waals surface area contributed by atoms with Crippen LogP contribution in [0.4, 0.5) is 0 Å². The van der Waals surface area contributed by atoms with Crippen LogP contribution in [0.15, 0.2) is 42.5 Å². The van der Waals surface area contributed by atoms with E-state index in [1.807, 2.05) is 42.5 Å². The third-order valence-corrected chi connectivity index (χ3v) is 4.88. The average molecular weight is 336 g/mol. The number of aliphatic carboxylic acids is 1. The molecule has 1 saturated heterocycles. The molecule has 1 heterocycles. The highest BCUT2D eigenvalue weighted by Crippen LogP contribution is 2.35. The van der Waals surface area contributed by atoms with Gasteiger partial charge in [0.2, 0.25) is 0 Å². The van der Waals surface area contributed by atoms with Crippen LogP contribution < -0.4 is 5.32 Å². The summed E-state index contributed by atoms with van der Waals surface area (Å²) in [5.74, 6) is -0.829. The molecule has 2 aromatic rings. The van der Waals surface area contributed by atoms with Crippen LogP contribution in [-0.4, -0.2) is 36.9 Å². The molecule has 4 nitrogen and oxygen atoms in total. The third kappa shape index (κ3) is 2.94. The SMILES string of the molecule is CO[C@@H]1CCN[C@@H]1[C@@](C)(C(=O)O)c1ccc2ccccc2c1.Cl. The number of hydrogen-bond donors (Lipinski definition) is 2. The van der Waals surface area contributed by atoms with Crippen molar-refractivity contribution in [1.82, 2.24) is 5.32 Å². The van der Waals surface area contributed by atoms with Crippen LogP contribution in [0.2, 0.25) is 0 Å². The third-order valence-electron chi connectivity index (χ3n) is 4.88. The standard InChI is InChI=1S/C18H21NO3.ClH/c1-18(17(20)21,16-15(22-2)9-10-19-16)14-8-7-12-5-3-4-6-13(12)11-14;/h3-8,11,15-16,19H,9-10H2,1-2H3,(H,20,21);1H/t15-,16+,18+;/m1./s1. The van der Waals surface area contributed by atoms with Crippen molar-refractivity contribution >= 4 is 29.1 Å². The van der Waals surface area contributed by atoms with Gasteiger partial charge in [-0.1, -0.05) is 36.4 Å². The number of nitrogens with one attached hydrogen (secondary N) is 1. The van der Waals surface area contributed by atoms with Gasteiger partial charge in [-0.15, -0.1) is 12.4 Å². The van der Waals surface area contributed by atoms with E-state index in [9.17, 15) is 9.90 Å². The summed E-state index contributed by atoms with van der Waals surface area (Å²) in [6.07, 6.45) is 0.741. The first kappa shape index (κ1) is 17.7. The maximum atomic E-state index is 12.1. The Hall–Kier alpha value is -1.62. The van der Waals surface area contributed by atoms with E-state index >= 15 is 0 Å². The van der Waals surface area contributed by atoms with Gasteiger partial charge in [0.25, 0.3) is 0 Å². The number of carboxylic acid groups (broad SMARTS) is 1. The predicted octanol–water partition coefficient (Wildman–Crippen LogP) is 2.98. The number of benzene rings is 2. The summed E-state index contributed by atoms with van der Waals surface area (Å²) in [6.45, 7) is 2.56. The second-order valence-electron chi connectivity index (χ2n) is 6.06. The molecular formula is C18H22ClNO3. The van der Waals surface area contributed by atoms with E-state index in [1.54, 1.807) is 14.0 Å². The maximum absolute atomic E-state index is 12.1. The van der Waals surface area contributed by atoms with E-state index < -0.39 is 11.4 Å². The van der Waals surface area contributed by atoms with Crippen LogP contribution in [0.25, 0.3) is 10.8 Å². The molecular weight excluding hydrogens is 314 g/mol. The summed E-state index contributed by atoms with van der Waals surface area (Å²) in [5, 5.41) is 15.4. The zero-order chi connectivity index (χ0) is 15.7. The minimum Gasteiger partial charge on any atom is -0.481 e. The molecule has 23 heavy (non-hydrogen) atoms. The van der Waals surface area contributed by atoms with E-state index in [0.29, 0.717) is 0 Å². The van der Waals surface area contributed by atoms with Gasteiger partial charge in [-0.05, 0) is 42.3 Å². The molecule has 1 aliphatic heterocycles. The molecule has 124 valence electrons. The largest absolute Gasteiger partial charge is 0.481 e. The number of fused-ring (bicyclic) bond motifs is 1. The van der Waals surface area contributed by atoms with Crippen molar-refractivity contribution in [1.29, 1.82) is 0 Å². The normalized spacial score (nSPS) is 23.2. The Morgan fingerprint density at radius 3 is 2.61 bits per heavy atom. The Morgan fingerprint density at radius 2 is 1.96 bits per heavy atom. The first-order chi connectivity index (χ1) is 10.6. The summed E-state index contributed by atoms with van der Waals surface area (Å²) >= 11 is 0. The molecule has 0 radical (unpaired) electrons. The molecule has 0 spiro atoms. The fourth-order valence-electron chi connectivity index (χ4n) is 3.46. The van der Waals surface area contributed by atoms with E-state index in [-0.39, 0.29) is 24.6 Å². The van der Waals surface area contributed by atoms with E-state index in [4.69, 9.17) is 4.74 Å². The van der Waals surface area contributed by atoms with Gasteiger partial charge in [-0.2, -0.15) is 0 Å². The van der Waals surface area contributed by atoms with Gasteiger partial charge >= 0.3 is 5.97 Å². The molecule has 3 atom stereocenters. The first-order valence-electron chi connectivity index (χ1n) is 7.56. The minimum atomic E-state index is -1.03. The lowest BCUT2D eigenvalue weighted by molar-refractivity contribution is -0.145. The second-order valence-corrected chi connectivity index (χ2v) is 6.06. The van der Waals surface area contributed by atoms with Gasteiger partial charge in [-0.3, -0.25) is 4.79 Å². The summed E-state index contributed by atoms with van der Waals surface area (Å²) in [6, 6.07) is 13.6. The zero-order valence-corrected chi connectivity index (χ0v) is 14.1. The van der Waals surface area contributed by atoms with Crippen molar-refractivity contribution in [3.8, 4) is 0 Å². The van der Waals surface area contributed by atoms with Crippen LogP contribution >= 0.6 is 12.4 Å². The zero-order valence-electron chi connectivity index (χ0n) is 13.3. The summed E-state index contributed by atoms with van der Waals surface area (Å²) in [5.41, 5.74) is -0.221. The Kier molecular flexibility index (Phi) is 5.30. The van der Waals surface area contributed by atoms with Gasteiger partial charge < -0.3 is 15.2 Å². The molecule has 2 N–H and O–H groups in total. The van der Waals surface area contributed by atoms with Crippen molar-refractivity contribution in [2.75, 3.05) is 13.7 Å². The highest BCUT2D eigenvalue weighted by atomic mass is 35.5. The Bertz CT molecular complexity index is 705. The Morgan fingerprint density at radius 1 is 1.26 bits per heavy atom. The van der Waals surface area contributed by atoms with Gasteiger partial charge in [-0.25, -0.2) is 0 Å². The molecule has 0 saturated carbocycles. The fourth-order valence-corrected chi connectivity index (χ4v) is 3.46. The van der Waals surface area contributed by atoms with Crippen LogP contribution in [0, 0.1) is 0 Å². The molecule has 0 unspecified atom stereocenters. The number of halogens is 1. The van der Waals surface area contributed by atoms with E-state index in [0.717, 1.165) is 29.3 Å². The van der Waals surface area contributed by atoms with Gasteiger partial charge in [0.1, 0.15) is 5.41 Å². The van der Waals surface area contributed by atoms with Crippen molar-refractivity contribution in [3.05, 3.63) is 48.0 Å². The quantitative estimate of drug-likeness (QED) is 0.902. The summed E-state index contributed by atoms with van der Waals surface area (Å²) in [4.78, 5) is 12.1.